The van der Waals surface area contributed by atoms with Crippen LogP contribution in [0.4, 0.5) is 11.4 Å². The van der Waals surface area contributed by atoms with Gasteiger partial charge in [0.2, 0.25) is 5.91 Å². The Kier molecular flexibility index (Phi) is 8.00. The van der Waals surface area contributed by atoms with E-state index in [1.807, 2.05) is 60.4 Å². The molecule has 0 bridgehead atoms. The number of amides is 2. The van der Waals surface area contributed by atoms with Crippen molar-refractivity contribution in [3.63, 3.8) is 0 Å². The van der Waals surface area contributed by atoms with Crippen molar-refractivity contribution in [2.24, 2.45) is 0 Å². The quantitative estimate of drug-likeness (QED) is 0.671. The Morgan fingerprint density at radius 3 is 2.16 bits per heavy atom. The van der Waals surface area contributed by atoms with Crippen LogP contribution in [0.2, 0.25) is 0 Å². The van der Waals surface area contributed by atoms with Crippen LogP contribution in [0.5, 0.6) is 0 Å². The molecule has 3 rings (SSSR count). The molecule has 2 N–H and O–H groups in total. The largest absolute Gasteiger partial charge is 0.368 e. The minimum Gasteiger partial charge on any atom is -0.368 e. The molecule has 1 saturated heterocycles. The van der Waals surface area contributed by atoms with E-state index in [2.05, 4.69) is 22.5 Å². The fourth-order valence-electron chi connectivity index (χ4n) is 3.57. The molecule has 0 unspecified atom stereocenters. The minimum absolute atomic E-state index is 0.0784. The van der Waals surface area contributed by atoms with Crippen molar-refractivity contribution < 1.29 is 9.59 Å². The summed E-state index contributed by atoms with van der Waals surface area (Å²) in [6.07, 6.45) is 2.22. The molecule has 7 heteroatoms. The Balaban J connectivity index is 1.50. The van der Waals surface area contributed by atoms with E-state index >= 15 is 0 Å². The summed E-state index contributed by atoms with van der Waals surface area (Å²) in [6.45, 7) is 7.03. The average Bonchev–Trinajstić information content (AvgIpc) is 2.79. The number of hydrogen-bond donors (Lipinski definition) is 2. The molecule has 0 saturated carbocycles. The van der Waals surface area contributed by atoms with Crippen LogP contribution >= 0.6 is 12.2 Å². The second kappa shape index (κ2) is 10.9. The van der Waals surface area contributed by atoms with Gasteiger partial charge in [-0.2, -0.15) is 0 Å². The Morgan fingerprint density at radius 1 is 0.935 bits per heavy atom. The Hall–Kier alpha value is -2.93. The van der Waals surface area contributed by atoms with Gasteiger partial charge < -0.3 is 20.4 Å². The molecule has 1 aliphatic rings. The first-order valence-corrected chi connectivity index (χ1v) is 11.2. The molecular formula is C24H30N4O2S. The molecule has 164 valence electrons. The molecule has 2 aromatic carbocycles. The van der Waals surface area contributed by atoms with Crippen molar-refractivity contribution in [3.8, 4) is 0 Å². The first-order chi connectivity index (χ1) is 15.0. The zero-order valence-corrected chi connectivity index (χ0v) is 19.0. The summed E-state index contributed by atoms with van der Waals surface area (Å²) < 4.78 is 0. The molecule has 2 amide bonds. The number of piperazine rings is 1. The zero-order chi connectivity index (χ0) is 22.2. The van der Waals surface area contributed by atoms with Crippen LogP contribution in [-0.2, 0) is 11.2 Å². The van der Waals surface area contributed by atoms with Gasteiger partial charge in [0, 0.05) is 49.5 Å². The number of rotatable bonds is 6. The molecule has 0 spiro atoms. The third-order valence-corrected chi connectivity index (χ3v) is 5.60. The van der Waals surface area contributed by atoms with Crippen LogP contribution in [0.1, 0.15) is 42.6 Å². The lowest BCUT2D eigenvalue weighted by Gasteiger charge is -2.36. The highest BCUT2D eigenvalue weighted by atomic mass is 32.1. The molecule has 0 atom stereocenters. The summed E-state index contributed by atoms with van der Waals surface area (Å²) in [7, 11) is 0. The van der Waals surface area contributed by atoms with Gasteiger partial charge in [0.15, 0.2) is 5.11 Å². The van der Waals surface area contributed by atoms with Gasteiger partial charge in [-0.15, -0.1) is 0 Å². The van der Waals surface area contributed by atoms with E-state index in [1.165, 1.54) is 5.56 Å². The molecular weight excluding hydrogens is 408 g/mol. The third kappa shape index (κ3) is 6.28. The van der Waals surface area contributed by atoms with Crippen molar-refractivity contribution in [1.29, 1.82) is 0 Å². The number of carbonyl (C=O) groups is 2. The van der Waals surface area contributed by atoms with Gasteiger partial charge in [0.05, 0.1) is 0 Å². The molecule has 1 fully saturated rings. The summed E-state index contributed by atoms with van der Waals surface area (Å²) in [5.74, 6) is 0.0193. The predicted octanol–water partition coefficient (Wildman–Crippen LogP) is 3.82. The second-order valence-corrected chi connectivity index (χ2v) is 8.04. The average molecular weight is 439 g/mol. The van der Waals surface area contributed by atoms with Crippen molar-refractivity contribution in [1.82, 2.24) is 10.2 Å². The normalized spacial score (nSPS) is 13.6. The van der Waals surface area contributed by atoms with Crippen LogP contribution in [0.25, 0.3) is 0 Å². The van der Waals surface area contributed by atoms with Gasteiger partial charge in [-0.1, -0.05) is 26.0 Å². The van der Waals surface area contributed by atoms with E-state index in [9.17, 15) is 9.59 Å². The Bertz CT molecular complexity index is 904. The first kappa shape index (κ1) is 22.7. The fraction of sp³-hybridized carbons (Fsp3) is 0.375. The molecule has 0 radical (unpaired) electrons. The number of thiocarbonyl (C=S) groups is 1. The number of nitrogens with zero attached hydrogens (tertiary/aromatic N) is 2. The van der Waals surface area contributed by atoms with Crippen LogP contribution in [0.3, 0.4) is 0 Å². The Labute approximate surface area is 189 Å². The lowest BCUT2D eigenvalue weighted by molar-refractivity contribution is -0.119. The SMILES string of the molecule is CCCC(=O)NC(=S)Nc1ccc(N2CCN(C(=O)c3ccc(CC)cc3)CC2)cc1. The third-order valence-electron chi connectivity index (χ3n) is 5.40. The summed E-state index contributed by atoms with van der Waals surface area (Å²) in [5, 5.41) is 6.02. The molecule has 0 aliphatic carbocycles. The molecule has 6 nitrogen and oxygen atoms in total. The van der Waals surface area contributed by atoms with E-state index in [1.54, 1.807) is 0 Å². The van der Waals surface area contributed by atoms with E-state index in [0.717, 1.165) is 42.9 Å². The summed E-state index contributed by atoms with van der Waals surface area (Å²) in [5.41, 5.74) is 3.92. The smallest absolute Gasteiger partial charge is 0.253 e. The lowest BCUT2D eigenvalue weighted by Crippen LogP contribution is -2.48. The summed E-state index contributed by atoms with van der Waals surface area (Å²) in [6, 6.07) is 15.9. The lowest BCUT2D eigenvalue weighted by atomic mass is 10.1. The number of carbonyl (C=O) groups excluding carboxylic acids is 2. The standard InChI is InChI=1S/C24H30N4O2S/c1-3-5-22(29)26-24(31)25-20-10-12-21(13-11-20)27-14-16-28(17-15-27)23(30)19-8-6-18(4-2)7-9-19/h6-13H,3-5,14-17H2,1-2H3,(H2,25,26,29,31). The van der Waals surface area contributed by atoms with Gasteiger partial charge in [0.1, 0.15) is 0 Å². The van der Waals surface area contributed by atoms with Gasteiger partial charge in [-0.3, -0.25) is 9.59 Å². The number of hydrogen-bond acceptors (Lipinski definition) is 4. The highest BCUT2D eigenvalue weighted by Crippen LogP contribution is 2.20. The van der Waals surface area contributed by atoms with Gasteiger partial charge in [-0.25, -0.2) is 0 Å². The molecule has 0 aromatic heterocycles. The fourth-order valence-corrected chi connectivity index (χ4v) is 3.80. The molecule has 1 aliphatic heterocycles. The minimum atomic E-state index is -0.0784. The van der Waals surface area contributed by atoms with E-state index < -0.39 is 0 Å². The van der Waals surface area contributed by atoms with E-state index in [-0.39, 0.29) is 11.8 Å². The molecule has 31 heavy (non-hydrogen) atoms. The van der Waals surface area contributed by atoms with Crippen LogP contribution in [-0.4, -0.2) is 48.0 Å². The highest BCUT2D eigenvalue weighted by Gasteiger charge is 2.22. The molecule has 1 heterocycles. The van der Waals surface area contributed by atoms with Crippen molar-refractivity contribution in [2.75, 3.05) is 36.4 Å². The number of nitrogens with one attached hydrogen (secondary N) is 2. The van der Waals surface area contributed by atoms with Crippen LogP contribution in [0, 0.1) is 0 Å². The van der Waals surface area contributed by atoms with Gasteiger partial charge in [-0.05, 0) is 67.0 Å². The van der Waals surface area contributed by atoms with Gasteiger partial charge in [0.25, 0.3) is 5.91 Å². The van der Waals surface area contributed by atoms with Crippen LogP contribution < -0.4 is 15.5 Å². The first-order valence-electron chi connectivity index (χ1n) is 10.8. The highest BCUT2D eigenvalue weighted by molar-refractivity contribution is 7.80. The second-order valence-electron chi connectivity index (χ2n) is 7.63. The monoisotopic (exact) mass is 438 g/mol. The maximum absolute atomic E-state index is 12.8. The van der Waals surface area contributed by atoms with Crippen LogP contribution in [0.15, 0.2) is 48.5 Å². The predicted molar refractivity (Wildman–Crippen MR) is 130 cm³/mol. The topological polar surface area (TPSA) is 64.7 Å². The zero-order valence-electron chi connectivity index (χ0n) is 18.2. The Morgan fingerprint density at radius 2 is 1.58 bits per heavy atom. The van der Waals surface area contributed by atoms with Crippen molar-refractivity contribution in [3.05, 3.63) is 59.7 Å². The van der Waals surface area contributed by atoms with Crippen molar-refractivity contribution >= 4 is 40.5 Å². The summed E-state index contributed by atoms with van der Waals surface area (Å²) >= 11 is 5.19. The van der Waals surface area contributed by atoms with Crippen molar-refractivity contribution in [2.45, 2.75) is 33.1 Å². The maximum Gasteiger partial charge on any atom is 0.253 e. The summed E-state index contributed by atoms with van der Waals surface area (Å²) in [4.78, 5) is 28.6. The number of anilines is 2. The van der Waals surface area contributed by atoms with E-state index in [0.29, 0.717) is 24.6 Å². The molecule has 2 aromatic rings. The van der Waals surface area contributed by atoms with E-state index in [4.69, 9.17) is 12.2 Å². The van der Waals surface area contributed by atoms with Gasteiger partial charge >= 0.3 is 0 Å². The maximum atomic E-state index is 12.8. The number of benzene rings is 2. The number of aryl methyl sites for hydroxylation is 1.